The minimum Gasteiger partial charge on any atom is -0.317 e. The minimum atomic E-state index is 0.749. The van der Waals surface area contributed by atoms with Gasteiger partial charge in [-0.05, 0) is 57.9 Å². The fourth-order valence-electron chi connectivity index (χ4n) is 4.09. The second kappa shape index (κ2) is 5.71. The van der Waals surface area contributed by atoms with E-state index in [1.165, 1.54) is 38.6 Å². The summed E-state index contributed by atoms with van der Waals surface area (Å²) in [5.41, 5.74) is 0. The van der Waals surface area contributed by atoms with Gasteiger partial charge < -0.3 is 5.32 Å². The molecule has 2 nitrogen and oxygen atoms in total. The van der Waals surface area contributed by atoms with Crippen LogP contribution in [-0.4, -0.2) is 36.6 Å². The maximum atomic E-state index is 3.45. The van der Waals surface area contributed by atoms with Gasteiger partial charge in [-0.1, -0.05) is 13.8 Å². The van der Waals surface area contributed by atoms with Crippen LogP contribution in [0.5, 0.6) is 0 Å². The maximum Gasteiger partial charge on any atom is 0.0124 e. The Balaban J connectivity index is 1.93. The van der Waals surface area contributed by atoms with Gasteiger partial charge in [0.25, 0.3) is 0 Å². The molecule has 5 unspecified atom stereocenters. The third-order valence-electron chi connectivity index (χ3n) is 5.15. The Morgan fingerprint density at radius 3 is 2.35 bits per heavy atom. The first-order valence-electron chi connectivity index (χ1n) is 7.54. The van der Waals surface area contributed by atoms with E-state index >= 15 is 0 Å². The molecule has 2 fully saturated rings. The largest absolute Gasteiger partial charge is 0.317 e. The Morgan fingerprint density at radius 1 is 1.00 bits per heavy atom. The molecule has 0 aromatic heterocycles. The Kier molecular flexibility index (Phi) is 4.48. The summed E-state index contributed by atoms with van der Waals surface area (Å²) in [4.78, 5) is 2.81. The molecule has 1 saturated heterocycles. The minimum absolute atomic E-state index is 0.749. The molecule has 1 saturated carbocycles. The number of likely N-dealkylation sites (tertiary alicyclic amines) is 1. The zero-order chi connectivity index (χ0) is 12.4. The highest BCUT2D eigenvalue weighted by Crippen LogP contribution is 2.34. The molecule has 0 radical (unpaired) electrons. The lowest BCUT2D eigenvalue weighted by molar-refractivity contribution is 0.0318. The van der Waals surface area contributed by atoms with Gasteiger partial charge in [0.1, 0.15) is 0 Å². The fraction of sp³-hybridized carbons (Fsp3) is 1.00. The highest BCUT2D eigenvalue weighted by molar-refractivity contribution is 4.90. The summed E-state index contributed by atoms with van der Waals surface area (Å²) in [7, 11) is 2.11. The van der Waals surface area contributed by atoms with E-state index in [-0.39, 0.29) is 0 Å². The molecule has 1 aliphatic heterocycles. The van der Waals surface area contributed by atoms with Crippen molar-refractivity contribution >= 4 is 0 Å². The molecule has 2 rings (SSSR count). The lowest BCUT2D eigenvalue weighted by Gasteiger charge is -2.47. The van der Waals surface area contributed by atoms with E-state index in [1.54, 1.807) is 0 Å². The number of hydrogen-bond donors (Lipinski definition) is 1. The van der Waals surface area contributed by atoms with Gasteiger partial charge >= 0.3 is 0 Å². The summed E-state index contributed by atoms with van der Waals surface area (Å²) in [5.74, 6) is 1.85. The fourth-order valence-corrected chi connectivity index (χ4v) is 4.09. The number of hydrogen-bond acceptors (Lipinski definition) is 2. The quantitative estimate of drug-likeness (QED) is 0.796. The SMILES string of the molecule is CNC1CCN(C2CCC(C)CC2C)C(C)C1. The van der Waals surface area contributed by atoms with Crippen molar-refractivity contribution in [1.82, 2.24) is 10.2 Å². The monoisotopic (exact) mass is 238 g/mol. The van der Waals surface area contributed by atoms with Crippen molar-refractivity contribution in [3.63, 3.8) is 0 Å². The van der Waals surface area contributed by atoms with Crippen LogP contribution in [0.3, 0.4) is 0 Å². The molecule has 2 aliphatic rings. The summed E-state index contributed by atoms with van der Waals surface area (Å²) >= 11 is 0. The van der Waals surface area contributed by atoms with Gasteiger partial charge in [0.2, 0.25) is 0 Å². The standard InChI is InChI=1S/C15H30N2/c1-11-5-6-15(12(2)9-11)17-8-7-14(16-4)10-13(17)3/h11-16H,5-10H2,1-4H3. The molecule has 2 heteroatoms. The lowest BCUT2D eigenvalue weighted by atomic mass is 9.78. The van der Waals surface area contributed by atoms with Crippen molar-refractivity contribution < 1.29 is 0 Å². The summed E-state index contributed by atoms with van der Waals surface area (Å²) in [6.45, 7) is 8.62. The molecule has 1 aliphatic carbocycles. The Morgan fingerprint density at radius 2 is 1.76 bits per heavy atom. The van der Waals surface area contributed by atoms with Crippen LogP contribution in [0.15, 0.2) is 0 Å². The second-order valence-corrected chi connectivity index (χ2v) is 6.56. The van der Waals surface area contributed by atoms with Crippen molar-refractivity contribution in [1.29, 1.82) is 0 Å². The van der Waals surface area contributed by atoms with Gasteiger partial charge in [-0.2, -0.15) is 0 Å². The smallest absolute Gasteiger partial charge is 0.0124 e. The van der Waals surface area contributed by atoms with Crippen molar-refractivity contribution in [3.8, 4) is 0 Å². The first kappa shape index (κ1) is 13.4. The van der Waals surface area contributed by atoms with Crippen molar-refractivity contribution in [2.45, 2.75) is 71.0 Å². The van der Waals surface area contributed by atoms with Gasteiger partial charge in [0.15, 0.2) is 0 Å². The zero-order valence-electron chi connectivity index (χ0n) is 12.1. The van der Waals surface area contributed by atoms with Crippen LogP contribution in [-0.2, 0) is 0 Å². The summed E-state index contributed by atoms with van der Waals surface area (Å²) in [5, 5.41) is 3.45. The van der Waals surface area contributed by atoms with Crippen LogP contribution in [0.25, 0.3) is 0 Å². The van der Waals surface area contributed by atoms with Gasteiger partial charge in [0, 0.05) is 24.7 Å². The molecule has 0 amide bonds. The number of nitrogens with one attached hydrogen (secondary N) is 1. The molecule has 100 valence electrons. The predicted octanol–water partition coefficient (Wildman–Crippen LogP) is 2.88. The molecule has 5 atom stereocenters. The predicted molar refractivity (Wildman–Crippen MR) is 74.2 cm³/mol. The molecule has 1 N–H and O–H groups in total. The van der Waals surface area contributed by atoms with E-state index in [4.69, 9.17) is 0 Å². The average Bonchev–Trinajstić information content (AvgIpc) is 2.30. The zero-order valence-corrected chi connectivity index (χ0v) is 12.1. The third kappa shape index (κ3) is 3.03. The summed E-state index contributed by atoms with van der Waals surface area (Å²) < 4.78 is 0. The van der Waals surface area contributed by atoms with Crippen molar-refractivity contribution in [2.75, 3.05) is 13.6 Å². The highest BCUT2D eigenvalue weighted by atomic mass is 15.2. The topological polar surface area (TPSA) is 15.3 Å². The van der Waals surface area contributed by atoms with Crippen LogP contribution in [0.2, 0.25) is 0 Å². The molecular weight excluding hydrogens is 208 g/mol. The molecule has 0 spiro atoms. The van der Waals surface area contributed by atoms with Crippen molar-refractivity contribution in [2.24, 2.45) is 11.8 Å². The first-order chi connectivity index (χ1) is 8.11. The normalized spacial score (nSPS) is 44.8. The van der Waals surface area contributed by atoms with Crippen molar-refractivity contribution in [3.05, 3.63) is 0 Å². The molecule has 1 heterocycles. The Labute approximate surface area is 107 Å². The van der Waals surface area contributed by atoms with E-state index in [0.717, 1.165) is 30.0 Å². The van der Waals surface area contributed by atoms with Crippen LogP contribution in [0.1, 0.15) is 52.9 Å². The van der Waals surface area contributed by atoms with E-state index in [1.807, 2.05) is 0 Å². The van der Waals surface area contributed by atoms with Gasteiger partial charge in [0.05, 0.1) is 0 Å². The lowest BCUT2D eigenvalue weighted by Crippen LogP contribution is -2.53. The number of rotatable bonds is 2. The number of nitrogens with zero attached hydrogens (tertiary/aromatic N) is 1. The van der Waals surface area contributed by atoms with E-state index < -0.39 is 0 Å². The van der Waals surface area contributed by atoms with Crippen LogP contribution in [0, 0.1) is 11.8 Å². The maximum absolute atomic E-state index is 3.45. The molecule has 17 heavy (non-hydrogen) atoms. The molecule has 0 aromatic rings. The van der Waals surface area contributed by atoms with Crippen LogP contribution in [0.4, 0.5) is 0 Å². The van der Waals surface area contributed by atoms with E-state index in [9.17, 15) is 0 Å². The molecule has 0 bridgehead atoms. The average molecular weight is 238 g/mol. The third-order valence-corrected chi connectivity index (χ3v) is 5.15. The Hall–Kier alpha value is -0.0800. The van der Waals surface area contributed by atoms with Gasteiger partial charge in [-0.15, -0.1) is 0 Å². The second-order valence-electron chi connectivity index (χ2n) is 6.56. The first-order valence-corrected chi connectivity index (χ1v) is 7.54. The summed E-state index contributed by atoms with van der Waals surface area (Å²) in [6, 6.07) is 2.38. The number of piperidine rings is 1. The Bertz CT molecular complexity index is 241. The van der Waals surface area contributed by atoms with Crippen LogP contribution < -0.4 is 5.32 Å². The highest BCUT2D eigenvalue weighted by Gasteiger charge is 2.35. The summed E-state index contributed by atoms with van der Waals surface area (Å²) in [6.07, 6.45) is 6.96. The molecule has 0 aromatic carbocycles. The van der Waals surface area contributed by atoms with Gasteiger partial charge in [-0.3, -0.25) is 4.90 Å². The van der Waals surface area contributed by atoms with Crippen LogP contribution >= 0.6 is 0 Å². The molecular formula is C15H30N2. The van der Waals surface area contributed by atoms with Gasteiger partial charge in [-0.25, -0.2) is 0 Å². The van der Waals surface area contributed by atoms with E-state index in [0.29, 0.717) is 0 Å². The van der Waals surface area contributed by atoms with E-state index in [2.05, 4.69) is 38.0 Å².